The van der Waals surface area contributed by atoms with Gasteiger partial charge in [0.25, 0.3) is 0 Å². The van der Waals surface area contributed by atoms with E-state index in [1.54, 1.807) is 11.3 Å². The van der Waals surface area contributed by atoms with E-state index in [4.69, 9.17) is 15.0 Å². The first-order chi connectivity index (χ1) is 24.7. The molecule has 0 unspecified atom stereocenters. The van der Waals surface area contributed by atoms with Crippen molar-refractivity contribution in [1.82, 2.24) is 15.0 Å². The van der Waals surface area contributed by atoms with Crippen LogP contribution < -0.4 is 0 Å². The maximum atomic E-state index is 5.15. The van der Waals surface area contributed by atoms with Crippen molar-refractivity contribution in [2.45, 2.75) is 0 Å². The molecule has 5 heteroatoms. The number of thiophene rings is 2. The minimum Gasteiger partial charge on any atom is -0.208 e. The summed E-state index contributed by atoms with van der Waals surface area (Å²) in [4.78, 5) is 15.4. The lowest BCUT2D eigenvalue weighted by atomic mass is 9.98. The summed E-state index contributed by atoms with van der Waals surface area (Å²) < 4.78 is 5.08. The number of benzene rings is 7. The van der Waals surface area contributed by atoms with Crippen molar-refractivity contribution in [3.05, 3.63) is 164 Å². The third-order valence-corrected chi connectivity index (χ3v) is 11.6. The first kappa shape index (κ1) is 29.0. The van der Waals surface area contributed by atoms with Crippen LogP contribution in [-0.4, -0.2) is 15.0 Å². The maximum Gasteiger partial charge on any atom is 0.164 e. The van der Waals surface area contributed by atoms with Gasteiger partial charge in [-0.3, -0.25) is 0 Å². The third kappa shape index (κ3) is 4.98. The van der Waals surface area contributed by atoms with E-state index >= 15 is 0 Å². The molecule has 10 rings (SSSR count). The lowest BCUT2D eigenvalue weighted by molar-refractivity contribution is 1.07. The number of hydrogen-bond acceptors (Lipinski definition) is 5. The van der Waals surface area contributed by atoms with Crippen molar-refractivity contribution in [2.24, 2.45) is 0 Å². The van der Waals surface area contributed by atoms with Crippen LogP contribution in [0.25, 0.3) is 96.8 Å². The number of nitrogens with zero attached hydrogens (tertiary/aromatic N) is 3. The van der Waals surface area contributed by atoms with E-state index in [1.165, 1.54) is 51.5 Å². The molecule has 0 saturated carbocycles. The van der Waals surface area contributed by atoms with Crippen molar-refractivity contribution in [3.8, 4) is 56.4 Å². The van der Waals surface area contributed by atoms with Crippen LogP contribution in [-0.2, 0) is 0 Å². The Bertz CT molecular complexity index is 2870. The van der Waals surface area contributed by atoms with Crippen molar-refractivity contribution >= 4 is 63.0 Å². The van der Waals surface area contributed by atoms with Crippen LogP contribution in [0.1, 0.15) is 0 Å². The highest BCUT2D eigenvalue weighted by atomic mass is 32.1. The second-order valence-electron chi connectivity index (χ2n) is 12.4. The van der Waals surface area contributed by atoms with Crippen LogP contribution in [0.4, 0.5) is 0 Å². The number of fused-ring (bicyclic) bond motifs is 6. The van der Waals surface area contributed by atoms with Crippen LogP contribution in [0.3, 0.4) is 0 Å². The SMILES string of the molecule is c1ccc(-c2ccc(-c3nc(-c4cccc(-c5cccc6sc7ccccc7c56)c4)nc(-c4ccc5c(c4)sc4ccccc45)n3)cc2)cc1. The second-order valence-corrected chi connectivity index (χ2v) is 14.6. The quantitative estimate of drug-likeness (QED) is 0.182. The summed E-state index contributed by atoms with van der Waals surface area (Å²) in [5.74, 6) is 1.96. The van der Waals surface area contributed by atoms with Crippen LogP contribution in [0.2, 0.25) is 0 Å². The van der Waals surface area contributed by atoms with E-state index in [0.717, 1.165) is 27.8 Å². The van der Waals surface area contributed by atoms with Gasteiger partial charge >= 0.3 is 0 Å². The predicted octanol–water partition coefficient (Wildman–Crippen LogP) is 12.9. The Hall–Kier alpha value is -6.01. The zero-order chi connectivity index (χ0) is 33.0. The average molecular weight is 674 g/mol. The largest absolute Gasteiger partial charge is 0.208 e. The fourth-order valence-corrected chi connectivity index (χ4v) is 9.19. The standard InChI is InChI=1S/C45H27N3S2/c1-2-10-28(11-3-1)29-20-22-30(23-21-29)43-46-44(48-45(47-43)33-24-25-36-35-14-4-6-17-38(35)50-41(36)27-33)32-13-8-12-31(26-32)34-16-9-19-40-42(34)37-15-5-7-18-39(37)49-40/h1-27H. The Morgan fingerprint density at radius 2 is 0.800 bits per heavy atom. The Kier molecular flexibility index (Phi) is 6.86. The van der Waals surface area contributed by atoms with Gasteiger partial charge in [0.05, 0.1) is 0 Å². The van der Waals surface area contributed by atoms with Gasteiger partial charge in [0, 0.05) is 57.0 Å². The third-order valence-electron chi connectivity index (χ3n) is 9.36. The minimum absolute atomic E-state index is 0.650. The molecule has 0 atom stereocenters. The van der Waals surface area contributed by atoms with Crippen LogP contribution in [0, 0.1) is 0 Å². The van der Waals surface area contributed by atoms with E-state index in [9.17, 15) is 0 Å². The Morgan fingerprint density at radius 1 is 0.300 bits per heavy atom. The van der Waals surface area contributed by atoms with Gasteiger partial charge in [0.2, 0.25) is 0 Å². The van der Waals surface area contributed by atoms with Crippen molar-refractivity contribution in [3.63, 3.8) is 0 Å². The summed E-state index contributed by atoms with van der Waals surface area (Å²) in [7, 11) is 0. The van der Waals surface area contributed by atoms with E-state index in [0.29, 0.717) is 17.5 Å². The van der Waals surface area contributed by atoms with Gasteiger partial charge in [0.15, 0.2) is 17.5 Å². The first-order valence-electron chi connectivity index (χ1n) is 16.6. The van der Waals surface area contributed by atoms with Gasteiger partial charge in [-0.2, -0.15) is 0 Å². The maximum absolute atomic E-state index is 5.15. The molecule has 0 amide bonds. The predicted molar refractivity (Wildman–Crippen MR) is 213 cm³/mol. The van der Waals surface area contributed by atoms with Gasteiger partial charge in [-0.05, 0) is 52.6 Å². The van der Waals surface area contributed by atoms with E-state index in [1.807, 2.05) is 17.4 Å². The summed E-state index contributed by atoms with van der Waals surface area (Å²) in [6, 6.07) is 58.0. The monoisotopic (exact) mass is 673 g/mol. The minimum atomic E-state index is 0.650. The number of aromatic nitrogens is 3. The molecule has 0 fully saturated rings. The zero-order valence-corrected chi connectivity index (χ0v) is 28.4. The van der Waals surface area contributed by atoms with E-state index in [2.05, 4.69) is 158 Å². The molecule has 0 aliphatic carbocycles. The molecule has 0 N–H and O–H groups in total. The molecule has 7 aromatic carbocycles. The highest BCUT2D eigenvalue weighted by Gasteiger charge is 2.16. The molecular weight excluding hydrogens is 647 g/mol. The summed E-state index contributed by atoms with van der Waals surface area (Å²) in [5.41, 5.74) is 7.55. The average Bonchev–Trinajstić information content (AvgIpc) is 3.76. The van der Waals surface area contributed by atoms with Gasteiger partial charge in [-0.1, -0.05) is 133 Å². The molecule has 3 heterocycles. The fraction of sp³-hybridized carbons (Fsp3) is 0. The Labute approximate surface area is 296 Å². The fourth-order valence-electron chi connectivity index (χ4n) is 6.91. The highest BCUT2D eigenvalue weighted by Crippen LogP contribution is 2.41. The van der Waals surface area contributed by atoms with Crippen LogP contribution in [0.15, 0.2) is 164 Å². The van der Waals surface area contributed by atoms with Gasteiger partial charge < -0.3 is 0 Å². The summed E-state index contributed by atoms with van der Waals surface area (Å²) in [5, 5.41) is 5.11. The highest BCUT2D eigenvalue weighted by molar-refractivity contribution is 7.26. The number of hydrogen-bond donors (Lipinski definition) is 0. The zero-order valence-electron chi connectivity index (χ0n) is 26.7. The number of rotatable bonds is 5. The lowest BCUT2D eigenvalue weighted by Gasteiger charge is -2.11. The molecule has 3 aromatic heterocycles. The molecule has 0 saturated heterocycles. The smallest absolute Gasteiger partial charge is 0.164 e. The summed E-state index contributed by atoms with van der Waals surface area (Å²) in [6.45, 7) is 0. The molecule has 234 valence electrons. The van der Waals surface area contributed by atoms with E-state index < -0.39 is 0 Å². The summed E-state index contributed by atoms with van der Waals surface area (Å²) in [6.07, 6.45) is 0. The van der Waals surface area contributed by atoms with Gasteiger partial charge in [0.1, 0.15) is 0 Å². The molecule has 0 aliphatic heterocycles. The van der Waals surface area contributed by atoms with Crippen molar-refractivity contribution in [1.29, 1.82) is 0 Å². The molecule has 10 aromatic rings. The molecule has 50 heavy (non-hydrogen) atoms. The molecule has 3 nitrogen and oxygen atoms in total. The van der Waals surface area contributed by atoms with Crippen molar-refractivity contribution < 1.29 is 0 Å². The van der Waals surface area contributed by atoms with Crippen LogP contribution in [0.5, 0.6) is 0 Å². The summed E-state index contributed by atoms with van der Waals surface area (Å²) >= 11 is 3.64. The Morgan fingerprint density at radius 3 is 1.60 bits per heavy atom. The Balaban J connectivity index is 1.13. The molecular formula is C45H27N3S2. The van der Waals surface area contributed by atoms with Crippen LogP contribution >= 0.6 is 22.7 Å². The lowest BCUT2D eigenvalue weighted by Crippen LogP contribution is -2.00. The second kappa shape index (κ2) is 11.8. The molecule has 0 spiro atoms. The van der Waals surface area contributed by atoms with Crippen molar-refractivity contribution in [2.75, 3.05) is 0 Å². The molecule has 0 aliphatic rings. The van der Waals surface area contributed by atoms with Gasteiger partial charge in [-0.25, -0.2) is 15.0 Å². The first-order valence-corrected chi connectivity index (χ1v) is 18.2. The van der Waals surface area contributed by atoms with E-state index in [-0.39, 0.29) is 0 Å². The molecule has 0 radical (unpaired) electrons. The topological polar surface area (TPSA) is 38.7 Å². The molecule has 0 bridgehead atoms. The van der Waals surface area contributed by atoms with Gasteiger partial charge in [-0.15, -0.1) is 22.7 Å². The normalized spacial score (nSPS) is 11.6.